The van der Waals surface area contributed by atoms with Crippen LogP contribution < -0.4 is 9.46 Å². The van der Waals surface area contributed by atoms with Gasteiger partial charge in [0.1, 0.15) is 5.75 Å². The van der Waals surface area contributed by atoms with Crippen molar-refractivity contribution < 1.29 is 13.2 Å². The molecule has 4 rings (SSSR count). The van der Waals surface area contributed by atoms with E-state index in [9.17, 15) is 8.42 Å². The summed E-state index contributed by atoms with van der Waals surface area (Å²) in [4.78, 5) is 4.45. The molecule has 3 heterocycles. The molecule has 0 amide bonds. The van der Waals surface area contributed by atoms with Crippen LogP contribution in [-0.2, 0) is 30.0 Å². The number of benzene rings is 1. The van der Waals surface area contributed by atoms with Crippen LogP contribution in [0.15, 0.2) is 53.9 Å². The maximum Gasteiger partial charge on any atom is 0.240 e. The molecule has 3 aromatic rings. The van der Waals surface area contributed by atoms with Crippen LogP contribution in [0.4, 0.5) is 0 Å². The van der Waals surface area contributed by atoms with Crippen LogP contribution in [0.1, 0.15) is 11.1 Å². The summed E-state index contributed by atoms with van der Waals surface area (Å²) < 4.78 is 34.9. The monoisotopic (exact) mass is 370 g/mol. The van der Waals surface area contributed by atoms with Gasteiger partial charge in [-0.15, -0.1) is 0 Å². The summed E-state index contributed by atoms with van der Waals surface area (Å²) in [5, 5.41) is 4.14. The Labute approximate surface area is 151 Å². The van der Waals surface area contributed by atoms with E-state index < -0.39 is 10.0 Å². The fourth-order valence-corrected chi connectivity index (χ4v) is 3.97. The van der Waals surface area contributed by atoms with Crippen LogP contribution in [0.3, 0.4) is 0 Å². The van der Waals surface area contributed by atoms with E-state index in [1.54, 1.807) is 41.5 Å². The lowest BCUT2D eigenvalue weighted by Gasteiger charge is -2.09. The summed E-state index contributed by atoms with van der Waals surface area (Å²) in [5.74, 6) is 0.761. The molecule has 0 saturated heterocycles. The number of aromatic nitrogens is 3. The molecule has 0 aliphatic carbocycles. The molecular weight excluding hydrogens is 352 g/mol. The van der Waals surface area contributed by atoms with Crippen molar-refractivity contribution in [2.24, 2.45) is 7.05 Å². The number of sulfonamides is 1. The van der Waals surface area contributed by atoms with Crippen LogP contribution in [0.2, 0.25) is 0 Å². The molecular formula is C18H18N4O3S. The number of nitrogens with zero attached hydrogens (tertiary/aromatic N) is 3. The molecule has 134 valence electrons. The maximum atomic E-state index is 12.6. The number of rotatable bonds is 5. The fraction of sp³-hybridized carbons (Fsp3) is 0.222. The molecule has 1 N–H and O–H groups in total. The highest BCUT2D eigenvalue weighted by Crippen LogP contribution is 2.27. The fourth-order valence-electron chi connectivity index (χ4n) is 2.90. The Balaban J connectivity index is 1.51. The molecule has 26 heavy (non-hydrogen) atoms. The van der Waals surface area contributed by atoms with Gasteiger partial charge in [0.15, 0.2) is 0 Å². The standard InChI is InChI=1S/C18H18N4O3S/c1-22-12-16(11-20-22)15-6-13(8-19-10-15)9-21-26(23,24)17-2-3-18-14(7-17)4-5-25-18/h2-3,6-8,10-12,21H,4-5,9H2,1H3. The van der Waals surface area contributed by atoms with Gasteiger partial charge in [-0.25, -0.2) is 13.1 Å². The van der Waals surface area contributed by atoms with Gasteiger partial charge in [-0.3, -0.25) is 9.67 Å². The maximum absolute atomic E-state index is 12.6. The summed E-state index contributed by atoms with van der Waals surface area (Å²) in [6.07, 6.45) is 7.75. The predicted molar refractivity (Wildman–Crippen MR) is 96.1 cm³/mol. The zero-order valence-corrected chi connectivity index (χ0v) is 15.0. The van der Waals surface area contributed by atoms with Crippen LogP contribution in [0.5, 0.6) is 5.75 Å². The largest absolute Gasteiger partial charge is 0.493 e. The Kier molecular flexibility index (Phi) is 4.21. The molecule has 0 radical (unpaired) electrons. The van der Waals surface area contributed by atoms with Crippen molar-refractivity contribution in [3.63, 3.8) is 0 Å². The van der Waals surface area contributed by atoms with Crippen molar-refractivity contribution in [3.05, 3.63) is 60.2 Å². The highest BCUT2D eigenvalue weighted by Gasteiger charge is 2.19. The van der Waals surface area contributed by atoms with E-state index >= 15 is 0 Å². The van der Waals surface area contributed by atoms with Gasteiger partial charge in [0, 0.05) is 49.7 Å². The lowest BCUT2D eigenvalue weighted by atomic mass is 10.1. The van der Waals surface area contributed by atoms with Gasteiger partial charge in [0.05, 0.1) is 17.7 Å². The Morgan fingerprint density at radius 1 is 1.19 bits per heavy atom. The zero-order chi connectivity index (χ0) is 18.1. The second kappa shape index (κ2) is 6.54. The minimum absolute atomic E-state index is 0.164. The van der Waals surface area contributed by atoms with Crippen LogP contribution in [0.25, 0.3) is 11.1 Å². The molecule has 1 aromatic carbocycles. The van der Waals surface area contributed by atoms with Gasteiger partial charge in [-0.2, -0.15) is 5.10 Å². The first-order valence-corrected chi connectivity index (χ1v) is 9.68. The lowest BCUT2D eigenvalue weighted by Crippen LogP contribution is -2.23. The van der Waals surface area contributed by atoms with E-state index in [-0.39, 0.29) is 11.4 Å². The molecule has 1 aliphatic heterocycles. The summed E-state index contributed by atoms with van der Waals surface area (Å²) >= 11 is 0. The third-order valence-corrected chi connectivity index (χ3v) is 5.67. The van der Waals surface area contributed by atoms with E-state index in [1.807, 2.05) is 19.3 Å². The van der Waals surface area contributed by atoms with E-state index in [4.69, 9.17) is 4.74 Å². The normalized spacial score (nSPS) is 13.4. The summed E-state index contributed by atoms with van der Waals surface area (Å²) in [6.45, 7) is 0.760. The van der Waals surface area contributed by atoms with Crippen LogP contribution in [-0.4, -0.2) is 29.8 Å². The molecule has 7 nitrogen and oxygen atoms in total. The Bertz CT molecular complexity index is 1060. The number of hydrogen-bond donors (Lipinski definition) is 1. The van der Waals surface area contributed by atoms with Gasteiger partial charge < -0.3 is 4.74 Å². The Morgan fingerprint density at radius 3 is 2.88 bits per heavy atom. The van der Waals surface area contributed by atoms with Crippen molar-refractivity contribution in [2.75, 3.05) is 6.61 Å². The summed E-state index contributed by atoms with van der Waals surface area (Å²) in [7, 11) is -1.76. The van der Waals surface area contributed by atoms with Crippen molar-refractivity contribution in [2.45, 2.75) is 17.9 Å². The molecule has 1 aliphatic rings. The van der Waals surface area contributed by atoms with Crippen molar-refractivity contribution in [3.8, 4) is 16.9 Å². The third kappa shape index (κ3) is 3.33. The smallest absolute Gasteiger partial charge is 0.240 e. The lowest BCUT2D eigenvalue weighted by molar-refractivity contribution is 0.356. The van der Waals surface area contributed by atoms with Gasteiger partial charge in [0.25, 0.3) is 0 Å². The number of pyridine rings is 1. The molecule has 8 heteroatoms. The first-order chi connectivity index (χ1) is 12.5. The average molecular weight is 370 g/mol. The van der Waals surface area contributed by atoms with Crippen molar-refractivity contribution in [1.82, 2.24) is 19.5 Å². The van der Waals surface area contributed by atoms with Gasteiger partial charge in [-0.1, -0.05) is 0 Å². The molecule has 0 bridgehead atoms. The number of fused-ring (bicyclic) bond motifs is 1. The zero-order valence-electron chi connectivity index (χ0n) is 14.2. The summed E-state index contributed by atoms with van der Waals surface area (Å²) in [5.41, 5.74) is 3.53. The topological polar surface area (TPSA) is 86.1 Å². The molecule has 0 fully saturated rings. The van der Waals surface area contributed by atoms with E-state index in [2.05, 4.69) is 14.8 Å². The molecule has 0 spiro atoms. The molecule has 0 unspecified atom stereocenters. The first-order valence-electron chi connectivity index (χ1n) is 8.20. The average Bonchev–Trinajstić information content (AvgIpc) is 3.28. The Hall–Kier alpha value is -2.71. The number of aryl methyl sites for hydroxylation is 1. The van der Waals surface area contributed by atoms with Gasteiger partial charge in [0.2, 0.25) is 10.0 Å². The molecule has 0 atom stereocenters. The van der Waals surface area contributed by atoms with Crippen LogP contribution in [0, 0.1) is 0 Å². The highest BCUT2D eigenvalue weighted by molar-refractivity contribution is 7.89. The Morgan fingerprint density at radius 2 is 2.08 bits per heavy atom. The second-order valence-corrected chi connectivity index (χ2v) is 7.94. The minimum atomic E-state index is -3.60. The highest BCUT2D eigenvalue weighted by atomic mass is 32.2. The SMILES string of the molecule is Cn1cc(-c2cncc(CNS(=O)(=O)c3ccc4c(c3)CCO4)c2)cn1. The number of hydrogen-bond acceptors (Lipinski definition) is 5. The second-order valence-electron chi connectivity index (χ2n) is 6.18. The van der Waals surface area contributed by atoms with Gasteiger partial charge >= 0.3 is 0 Å². The quantitative estimate of drug-likeness (QED) is 0.741. The van der Waals surface area contributed by atoms with Crippen molar-refractivity contribution >= 4 is 10.0 Å². The van der Waals surface area contributed by atoms with E-state index in [1.165, 1.54) is 0 Å². The van der Waals surface area contributed by atoms with E-state index in [0.717, 1.165) is 34.4 Å². The molecule has 2 aromatic heterocycles. The van der Waals surface area contributed by atoms with E-state index in [0.29, 0.717) is 6.61 Å². The number of ether oxygens (including phenoxy) is 1. The number of nitrogens with one attached hydrogen (secondary N) is 1. The van der Waals surface area contributed by atoms with Gasteiger partial charge in [-0.05, 0) is 35.4 Å². The van der Waals surface area contributed by atoms with Crippen LogP contribution >= 0.6 is 0 Å². The minimum Gasteiger partial charge on any atom is -0.493 e. The summed E-state index contributed by atoms with van der Waals surface area (Å²) in [6, 6.07) is 6.86. The predicted octanol–water partition coefficient (Wildman–Crippen LogP) is 1.90. The molecule has 0 saturated carbocycles. The van der Waals surface area contributed by atoms with Crippen molar-refractivity contribution in [1.29, 1.82) is 0 Å². The first kappa shape index (κ1) is 16.7. The third-order valence-electron chi connectivity index (χ3n) is 4.27.